The molecule has 3 nitrogen and oxygen atoms in total. The fourth-order valence-electron chi connectivity index (χ4n) is 4.23. The highest BCUT2D eigenvalue weighted by atomic mass is 32.2. The highest BCUT2D eigenvalue weighted by Crippen LogP contribution is 2.46. The van der Waals surface area contributed by atoms with Crippen molar-refractivity contribution in [2.75, 3.05) is 26.2 Å². The van der Waals surface area contributed by atoms with E-state index in [4.69, 9.17) is 4.74 Å². The lowest BCUT2D eigenvalue weighted by molar-refractivity contribution is -0.108. The molecule has 0 aromatic heterocycles. The maximum absolute atomic E-state index is 10.6. The summed E-state index contributed by atoms with van der Waals surface area (Å²) >= 11 is 1.88. The maximum Gasteiger partial charge on any atom is 0.124 e. The summed E-state index contributed by atoms with van der Waals surface area (Å²) in [5, 5.41) is 0. The Bertz CT molecular complexity index is 812. The van der Waals surface area contributed by atoms with Crippen LogP contribution in [0.1, 0.15) is 36.0 Å². The lowest BCUT2D eigenvalue weighted by atomic mass is 9.74. The van der Waals surface area contributed by atoms with E-state index in [0.29, 0.717) is 6.42 Å². The second kappa shape index (κ2) is 8.07. The highest BCUT2D eigenvalue weighted by molar-refractivity contribution is 7.98. The van der Waals surface area contributed by atoms with Gasteiger partial charge in [-0.05, 0) is 56.1 Å². The number of nitrogens with zero attached hydrogens (tertiary/aromatic N) is 1. The SMILES string of the molecule is Cc1ccccc1CSc1ccc2c(c1)OCC21CCN(CCC=O)CC1. The molecule has 0 radical (unpaired) electrons. The van der Waals surface area contributed by atoms with Gasteiger partial charge in [0.15, 0.2) is 0 Å². The predicted octanol–water partition coefficient (Wildman–Crippen LogP) is 4.60. The number of thioether (sulfide) groups is 1. The van der Waals surface area contributed by atoms with Gasteiger partial charge < -0.3 is 14.4 Å². The molecule has 1 saturated heterocycles. The van der Waals surface area contributed by atoms with Gasteiger partial charge >= 0.3 is 0 Å². The molecule has 4 heteroatoms. The molecule has 0 atom stereocenters. The molecule has 0 amide bonds. The number of carbonyl (C=O) groups excluding carboxylic acids is 1. The molecule has 0 N–H and O–H groups in total. The number of rotatable bonds is 6. The van der Waals surface area contributed by atoms with E-state index in [1.54, 1.807) is 0 Å². The van der Waals surface area contributed by atoms with Crippen molar-refractivity contribution in [2.24, 2.45) is 0 Å². The Morgan fingerprint density at radius 1 is 1.19 bits per heavy atom. The van der Waals surface area contributed by atoms with Gasteiger partial charge in [0, 0.05) is 34.6 Å². The fraction of sp³-hybridized carbons (Fsp3) is 0.435. The van der Waals surface area contributed by atoms with Crippen LogP contribution in [0.2, 0.25) is 0 Å². The van der Waals surface area contributed by atoms with Gasteiger partial charge in [-0.3, -0.25) is 0 Å². The predicted molar refractivity (Wildman–Crippen MR) is 111 cm³/mol. The molecular formula is C23H27NO2S. The monoisotopic (exact) mass is 381 g/mol. The molecule has 27 heavy (non-hydrogen) atoms. The van der Waals surface area contributed by atoms with Gasteiger partial charge in [-0.25, -0.2) is 0 Å². The van der Waals surface area contributed by atoms with E-state index in [-0.39, 0.29) is 5.41 Å². The van der Waals surface area contributed by atoms with Crippen molar-refractivity contribution in [3.8, 4) is 5.75 Å². The standard InChI is InChI=1S/C23H27NO2S/c1-18-5-2-3-6-19(18)16-27-20-7-8-21-22(15-20)26-17-23(21)9-12-24(13-10-23)11-4-14-25/h2-3,5-8,14-15H,4,9-13,16-17H2,1H3. The summed E-state index contributed by atoms with van der Waals surface area (Å²) in [6.07, 6.45) is 3.90. The molecule has 0 saturated carbocycles. The van der Waals surface area contributed by atoms with E-state index in [2.05, 4.69) is 54.3 Å². The lowest BCUT2D eigenvalue weighted by Gasteiger charge is -2.38. The van der Waals surface area contributed by atoms with Crippen LogP contribution in [0.3, 0.4) is 0 Å². The summed E-state index contributed by atoms with van der Waals surface area (Å²) < 4.78 is 6.14. The molecule has 1 fully saturated rings. The number of benzene rings is 2. The van der Waals surface area contributed by atoms with Crippen LogP contribution < -0.4 is 4.74 Å². The number of carbonyl (C=O) groups is 1. The Morgan fingerprint density at radius 2 is 2.00 bits per heavy atom. The van der Waals surface area contributed by atoms with Gasteiger partial charge in [0.1, 0.15) is 12.0 Å². The molecule has 2 aliphatic heterocycles. The third-order valence-corrected chi connectivity index (χ3v) is 7.10. The normalized spacial score (nSPS) is 18.3. The Labute approximate surface area is 166 Å². The molecule has 2 heterocycles. The van der Waals surface area contributed by atoms with Crippen LogP contribution in [0.5, 0.6) is 5.75 Å². The highest BCUT2D eigenvalue weighted by Gasteiger charge is 2.42. The van der Waals surface area contributed by atoms with Crippen LogP contribution >= 0.6 is 11.8 Å². The molecule has 0 unspecified atom stereocenters. The minimum atomic E-state index is 0.173. The van der Waals surface area contributed by atoms with E-state index in [1.807, 2.05) is 11.8 Å². The largest absolute Gasteiger partial charge is 0.492 e. The minimum absolute atomic E-state index is 0.173. The van der Waals surface area contributed by atoms with Crippen LogP contribution in [-0.2, 0) is 16.0 Å². The van der Waals surface area contributed by atoms with Gasteiger partial charge in [-0.15, -0.1) is 11.8 Å². The van der Waals surface area contributed by atoms with Crippen LogP contribution in [0, 0.1) is 6.92 Å². The molecule has 0 aliphatic carbocycles. The Kier molecular flexibility index (Phi) is 5.55. The summed E-state index contributed by atoms with van der Waals surface area (Å²) in [5.74, 6) is 2.06. The third kappa shape index (κ3) is 3.92. The van der Waals surface area contributed by atoms with Gasteiger partial charge in [0.05, 0.1) is 6.61 Å². The number of hydrogen-bond donors (Lipinski definition) is 0. The first-order valence-corrected chi connectivity index (χ1v) is 10.8. The molecule has 142 valence electrons. The summed E-state index contributed by atoms with van der Waals surface area (Å²) in [5.41, 5.74) is 4.30. The molecule has 2 aromatic rings. The zero-order chi connectivity index (χ0) is 18.7. The maximum atomic E-state index is 10.6. The van der Waals surface area contributed by atoms with Crippen molar-refractivity contribution in [2.45, 2.75) is 42.2 Å². The number of ether oxygens (including phenoxy) is 1. The van der Waals surface area contributed by atoms with Crippen LogP contribution in [0.25, 0.3) is 0 Å². The molecule has 0 bridgehead atoms. The number of hydrogen-bond acceptors (Lipinski definition) is 4. The first-order chi connectivity index (χ1) is 13.2. The zero-order valence-corrected chi connectivity index (χ0v) is 16.8. The van der Waals surface area contributed by atoms with Crippen molar-refractivity contribution in [3.05, 3.63) is 59.2 Å². The average Bonchev–Trinajstić information content (AvgIpc) is 3.05. The average molecular weight is 382 g/mol. The minimum Gasteiger partial charge on any atom is -0.492 e. The topological polar surface area (TPSA) is 29.5 Å². The fourth-order valence-corrected chi connectivity index (χ4v) is 5.23. The van der Waals surface area contributed by atoms with Gasteiger partial charge in [0.2, 0.25) is 0 Å². The molecule has 4 rings (SSSR count). The van der Waals surface area contributed by atoms with Crippen LogP contribution in [0.4, 0.5) is 0 Å². The van der Waals surface area contributed by atoms with E-state index in [0.717, 1.165) is 56.9 Å². The third-order valence-electron chi connectivity index (χ3n) is 6.06. The summed E-state index contributed by atoms with van der Waals surface area (Å²) in [6, 6.07) is 15.4. The summed E-state index contributed by atoms with van der Waals surface area (Å²) in [6.45, 7) is 5.98. The van der Waals surface area contributed by atoms with E-state index < -0.39 is 0 Å². The molecule has 2 aromatic carbocycles. The van der Waals surface area contributed by atoms with Crippen molar-refractivity contribution in [3.63, 3.8) is 0 Å². The number of aryl methyl sites for hydroxylation is 1. The molecule has 1 spiro atoms. The summed E-state index contributed by atoms with van der Waals surface area (Å²) in [4.78, 5) is 14.3. The van der Waals surface area contributed by atoms with Gasteiger partial charge in [0.25, 0.3) is 0 Å². The smallest absolute Gasteiger partial charge is 0.124 e. The Balaban J connectivity index is 1.42. The van der Waals surface area contributed by atoms with Gasteiger partial charge in [-0.1, -0.05) is 30.3 Å². The van der Waals surface area contributed by atoms with E-state index in [1.165, 1.54) is 21.6 Å². The van der Waals surface area contributed by atoms with Crippen LogP contribution in [-0.4, -0.2) is 37.4 Å². The second-order valence-corrected chi connectivity index (χ2v) is 8.79. The quantitative estimate of drug-likeness (QED) is 0.540. The van der Waals surface area contributed by atoms with Crippen molar-refractivity contribution in [1.82, 2.24) is 4.90 Å². The first kappa shape index (κ1) is 18.6. The zero-order valence-electron chi connectivity index (χ0n) is 15.9. The van der Waals surface area contributed by atoms with Crippen molar-refractivity contribution in [1.29, 1.82) is 0 Å². The van der Waals surface area contributed by atoms with E-state index in [9.17, 15) is 4.79 Å². The molecular weight excluding hydrogens is 354 g/mol. The van der Waals surface area contributed by atoms with E-state index >= 15 is 0 Å². The lowest BCUT2D eigenvalue weighted by Crippen LogP contribution is -2.43. The number of piperidine rings is 1. The number of aldehydes is 1. The number of fused-ring (bicyclic) bond motifs is 2. The van der Waals surface area contributed by atoms with Crippen LogP contribution in [0.15, 0.2) is 47.4 Å². The molecule has 2 aliphatic rings. The number of likely N-dealkylation sites (tertiary alicyclic amines) is 1. The second-order valence-electron chi connectivity index (χ2n) is 7.74. The summed E-state index contributed by atoms with van der Waals surface area (Å²) in [7, 11) is 0. The Morgan fingerprint density at radius 3 is 2.78 bits per heavy atom. The first-order valence-electron chi connectivity index (χ1n) is 9.81. The van der Waals surface area contributed by atoms with Gasteiger partial charge in [-0.2, -0.15) is 0 Å². The van der Waals surface area contributed by atoms with Crippen molar-refractivity contribution >= 4 is 18.0 Å². The Hall–Kier alpha value is -1.78. The van der Waals surface area contributed by atoms with Crippen molar-refractivity contribution < 1.29 is 9.53 Å².